The molecule has 3 heterocycles. The van der Waals surface area contributed by atoms with Gasteiger partial charge in [-0.3, -0.25) is 4.79 Å². The average molecular weight is 403 g/mol. The molecule has 0 amide bonds. The lowest BCUT2D eigenvalue weighted by atomic mass is 10.2. The zero-order valence-electron chi connectivity index (χ0n) is 14.1. The lowest BCUT2D eigenvalue weighted by molar-refractivity contribution is -0.908. The summed E-state index contributed by atoms with van der Waals surface area (Å²) in [5.74, 6) is 0.718. The highest BCUT2D eigenvalue weighted by molar-refractivity contribution is 7.22. The summed E-state index contributed by atoms with van der Waals surface area (Å²) in [5.41, 5.74) is 3.02. The highest BCUT2D eigenvalue weighted by Crippen LogP contribution is 2.31. The van der Waals surface area contributed by atoms with Crippen LogP contribution in [-0.2, 0) is 13.1 Å². The van der Waals surface area contributed by atoms with Gasteiger partial charge in [-0.1, -0.05) is 23.7 Å². The second-order valence-electron chi connectivity index (χ2n) is 6.29. The Kier molecular flexibility index (Phi) is 4.91. The van der Waals surface area contributed by atoms with Gasteiger partial charge in [-0.05, 0) is 40.6 Å². The number of H-pyrrole nitrogens is 1. The molecule has 26 heavy (non-hydrogen) atoms. The monoisotopic (exact) mass is 402 g/mol. The first kappa shape index (κ1) is 17.4. The van der Waals surface area contributed by atoms with Crippen molar-refractivity contribution < 1.29 is 4.90 Å². The van der Waals surface area contributed by atoms with Crippen LogP contribution in [-0.4, -0.2) is 17.0 Å². The molecule has 0 aliphatic heterocycles. The van der Waals surface area contributed by atoms with Gasteiger partial charge in [-0.2, -0.15) is 11.3 Å². The molecule has 132 valence electrons. The molecule has 2 N–H and O–H groups in total. The van der Waals surface area contributed by atoms with Crippen molar-refractivity contribution in [2.24, 2.45) is 0 Å². The SMILES string of the molecule is C[NH+](Cc1ccsc1)Cc1nc2cc(-c3ccc(Cl)cc3)sc2c(=O)[nH]1. The first-order valence-electron chi connectivity index (χ1n) is 8.19. The first-order chi connectivity index (χ1) is 12.6. The fourth-order valence-corrected chi connectivity index (χ4v) is 4.71. The lowest BCUT2D eigenvalue weighted by Crippen LogP contribution is -3.06. The number of thiophene rings is 2. The topological polar surface area (TPSA) is 50.2 Å². The Hall–Kier alpha value is -1.99. The van der Waals surface area contributed by atoms with Gasteiger partial charge in [-0.25, -0.2) is 4.98 Å². The van der Waals surface area contributed by atoms with Crippen LogP contribution in [0.25, 0.3) is 20.7 Å². The maximum atomic E-state index is 12.5. The minimum atomic E-state index is -0.0708. The molecule has 0 fully saturated rings. The van der Waals surface area contributed by atoms with Crippen molar-refractivity contribution in [2.75, 3.05) is 7.05 Å². The summed E-state index contributed by atoms with van der Waals surface area (Å²) in [6.07, 6.45) is 0. The van der Waals surface area contributed by atoms with Gasteiger partial charge >= 0.3 is 0 Å². The molecule has 3 aromatic heterocycles. The van der Waals surface area contributed by atoms with Crippen molar-refractivity contribution in [1.29, 1.82) is 0 Å². The van der Waals surface area contributed by atoms with Crippen LogP contribution in [0.4, 0.5) is 0 Å². The summed E-state index contributed by atoms with van der Waals surface area (Å²) in [5, 5.41) is 4.93. The van der Waals surface area contributed by atoms with Crippen LogP contribution in [0.1, 0.15) is 11.4 Å². The quantitative estimate of drug-likeness (QED) is 0.536. The number of aromatic nitrogens is 2. The van der Waals surface area contributed by atoms with E-state index in [2.05, 4.69) is 33.8 Å². The number of hydrogen-bond donors (Lipinski definition) is 2. The Bertz CT molecular complexity index is 1080. The van der Waals surface area contributed by atoms with E-state index in [1.54, 1.807) is 11.3 Å². The Balaban J connectivity index is 1.61. The zero-order chi connectivity index (χ0) is 18.1. The molecule has 0 spiro atoms. The highest BCUT2D eigenvalue weighted by Gasteiger charge is 2.13. The smallest absolute Gasteiger partial charge is 0.269 e. The van der Waals surface area contributed by atoms with E-state index >= 15 is 0 Å². The van der Waals surface area contributed by atoms with Gasteiger partial charge in [0.05, 0.1) is 12.6 Å². The third-order valence-corrected chi connectivity index (χ3v) is 6.27. The van der Waals surface area contributed by atoms with Crippen LogP contribution in [0, 0.1) is 0 Å². The van der Waals surface area contributed by atoms with Crippen molar-refractivity contribution in [3.63, 3.8) is 0 Å². The van der Waals surface area contributed by atoms with Crippen LogP contribution >= 0.6 is 34.3 Å². The number of halogens is 1. The molecule has 0 saturated carbocycles. The molecular weight excluding hydrogens is 386 g/mol. The Morgan fingerprint density at radius 1 is 1.19 bits per heavy atom. The molecule has 4 rings (SSSR count). The molecular formula is C19H17ClN3OS2+. The number of hydrogen-bond acceptors (Lipinski definition) is 4. The Morgan fingerprint density at radius 3 is 2.73 bits per heavy atom. The number of quaternary nitrogens is 1. The minimum absolute atomic E-state index is 0.0708. The van der Waals surface area contributed by atoms with Gasteiger partial charge in [0.2, 0.25) is 0 Å². The maximum absolute atomic E-state index is 12.5. The van der Waals surface area contributed by atoms with E-state index in [-0.39, 0.29) is 5.56 Å². The Morgan fingerprint density at radius 2 is 2.00 bits per heavy atom. The van der Waals surface area contributed by atoms with Crippen molar-refractivity contribution in [3.8, 4) is 10.4 Å². The van der Waals surface area contributed by atoms with Gasteiger partial charge < -0.3 is 9.88 Å². The maximum Gasteiger partial charge on any atom is 0.269 e. The van der Waals surface area contributed by atoms with E-state index in [0.29, 0.717) is 16.3 Å². The molecule has 0 radical (unpaired) electrons. The van der Waals surface area contributed by atoms with Crippen LogP contribution < -0.4 is 10.5 Å². The van der Waals surface area contributed by atoms with Crippen molar-refractivity contribution >= 4 is 44.5 Å². The zero-order valence-corrected chi connectivity index (χ0v) is 16.5. The number of benzene rings is 1. The third-order valence-electron chi connectivity index (χ3n) is 4.12. The Labute approximate surface area is 163 Å². The number of nitrogens with zero attached hydrogens (tertiary/aromatic N) is 1. The van der Waals surface area contributed by atoms with E-state index in [0.717, 1.165) is 28.3 Å². The standard InChI is InChI=1S/C19H16ClN3OS2/c1-23(9-12-6-7-25-11-12)10-17-21-15-8-16(26-18(15)19(24)22-17)13-2-4-14(20)5-3-13/h2-8,11H,9-10H2,1H3,(H,21,22,24)/p+1. The van der Waals surface area contributed by atoms with E-state index in [9.17, 15) is 4.79 Å². The van der Waals surface area contributed by atoms with Gasteiger partial charge in [-0.15, -0.1) is 11.3 Å². The number of fused-ring (bicyclic) bond motifs is 1. The fourth-order valence-electron chi connectivity index (χ4n) is 2.92. The largest absolute Gasteiger partial charge is 0.327 e. The summed E-state index contributed by atoms with van der Waals surface area (Å²) in [6, 6.07) is 11.7. The van der Waals surface area contributed by atoms with Crippen molar-refractivity contribution in [1.82, 2.24) is 9.97 Å². The van der Waals surface area contributed by atoms with E-state index in [1.807, 2.05) is 30.3 Å². The fraction of sp³-hybridized carbons (Fsp3) is 0.158. The van der Waals surface area contributed by atoms with Gasteiger partial charge in [0, 0.05) is 15.5 Å². The summed E-state index contributed by atoms with van der Waals surface area (Å²) in [6.45, 7) is 1.58. The van der Waals surface area contributed by atoms with Crippen molar-refractivity contribution in [3.05, 3.63) is 73.9 Å². The van der Waals surface area contributed by atoms with E-state index in [4.69, 9.17) is 11.6 Å². The molecule has 0 bridgehead atoms. The molecule has 4 aromatic rings. The molecule has 7 heteroatoms. The van der Waals surface area contributed by atoms with E-state index < -0.39 is 0 Å². The predicted molar refractivity (Wildman–Crippen MR) is 109 cm³/mol. The van der Waals surface area contributed by atoms with Crippen LogP contribution in [0.5, 0.6) is 0 Å². The molecule has 1 atom stereocenters. The summed E-state index contributed by atoms with van der Waals surface area (Å²) in [7, 11) is 2.11. The van der Waals surface area contributed by atoms with Crippen LogP contribution in [0.3, 0.4) is 0 Å². The van der Waals surface area contributed by atoms with Crippen LogP contribution in [0.15, 0.2) is 52.0 Å². The minimum Gasteiger partial charge on any atom is -0.327 e. The molecule has 0 aliphatic carbocycles. The normalized spacial score (nSPS) is 12.5. The van der Waals surface area contributed by atoms with Gasteiger partial charge in [0.25, 0.3) is 5.56 Å². The molecule has 1 unspecified atom stereocenters. The number of nitrogens with one attached hydrogen (secondary N) is 2. The second-order valence-corrected chi connectivity index (χ2v) is 8.56. The van der Waals surface area contributed by atoms with Gasteiger partial charge in [0.15, 0.2) is 5.82 Å². The molecule has 4 nitrogen and oxygen atoms in total. The molecule has 0 aliphatic rings. The van der Waals surface area contributed by atoms with Crippen molar-refractivity contribution in [2.45, 2.75) is 13.1 Å². The average Bonchev–Trinajstić information content (AvgIpc) is 3.25. The summed E-state index contributed by atoms with van der Waals surface area (Å²) < 4.78 is 0.661. The predicted octanol–water partition coefficient (Wildman–Crippen LogP) is 3.58. The van der Waals surface area contributed by atoms with Crippen LogP contribution in [0.2, 0.25) is 5.02 Å². The third kappa shape index (κ3) is 3.73. The van der Waals surface area contributed by atoms with E-state index in [1.165, 1.54) is 21.8 Å². The molecule has 0 saturated heterocycles. The van der Waals surface area contributed by atoms with Gasteiger partial charge in [0.1, 0.15) is 17.8 Å². The first-order valence-corrected chi connectivity index (χ1v) is 10.3. The second kappa shape index (κ2) is 7.32. The lowest BCUT2D eigenvalue weighted by Gasteiger charge is -2.12. The summed E-state index contributed by atoms with van der Waals surface area (Å²) in [4.78, 5) is 22.4. The number of rotatable bonds is 5. The summed E-state index contributed by atoms with van der Waals surface area (Å²) >= 11 is 9.12. The molecule has 1 aromatic carbocycles. The number of aromatic amines is 1. The highest BCUT2D eigenvalue weighted by atomic mass is 35.5.